The second-order valence-corrected chi connectivity index (χ2v) is 9.10. The van der Waals surface area contributed by atoms with E-state index < -0.39 is 5.92 Å². The highest BCUT2D eigenvalue weighted by Gasteiger charge is 2.37. The Bertz CT molecular complexity index is 1650. The van der Waals surface area contributed by atoms with Gasteiger partial charge in [-0.15, -0.1) is 0 Å². The van der Waals surface area contributed by atoms with Crippen LogP contribution in [-0.4, -0.2) is 10.8 Å². The number of carbonyl (C=O) groups excluding carboxylic acids is 1. The highest BCUT2D eigenvalue weighted by Crippen LogP contribution is 2.48. The summed E-state index contributed by atoms with van der Waals surface area (Å²) in [5.74, 6) is -0.0953. The van der Waals surface area contributed by atoms with E-state index >= 15 is 0 Å². The van der Waals surface area contributed by atoms with E-state index in [0.717, 1.165) is 32.8 Å². The molecule has 0 spiro atoms. The van der Waals surface area contributed by atoms with Crippen molar-refractivity contribution in [3.05, 3.63) is 123 Å². The number of halogens is 2. The fraction of sp³-hybridized carbons (Fsp3) is 0.0357. The minimum Gasteiger partial charge on any atom is -0.441 e. The number of H-pyrrole nitrogens is 1. The van der Waals surface area contributed by atoms with Crippen LogP contribution in [0.2, 0.25) is 10.0 Å². The molecule has 2 heterocycles. The van der Waals surface area contributed by atoms with Crippen molar-refractivity contribution in [2.24, 2.45) is 5.73 Å². The first-order valence-corrected chi connectivity index (χ1v) is 11.5. The van der Waals surface area contributed by atoms with Gasteiger partial charge in [-0.1, -0.05) is 77.8 Å². The normalized spacial score (nSPS) is 15.4. The molecule has 5 aromatic rings. The van der Waals surface area contributed by atoms with Gasteiger partial charge in [0, 0.05) is 44.2 Å². The molecule has 1 aliphatic rings. The van der Waals surface area contributed by atoms with Gasteiger partial charge in [-0.2, -0.15) is 0 Å². The summed E-state index contributed by atoms with van der Waals surface area (Å²) in [4.78, 5) is 17.3. The monoisotopic (exact) mass is 484 g/mol. The molecule has 1 atom stereocenters. The number of ketones is 1. The van der Waals surface area contributed by atoms with Gasteiger partial charge in [0.15, 0.2) is 11.7 Å². The Balaban J connectivity index is 1.64. The number of nitrogens with one attached hydrogen (secondary N) is 1. The van der Waals surface area contributed by atoms with Gasteiger partial charge >= 0.3 is 0 Å². The number of aromatic nitrogens is 1. The van der Waals surface area contributed by atoms with E-state index in [-0.39, 0.29) is 11.7 Å². The number of aromatic amines is 1. The summed E-state index contributed by atoms with van der Waals surface area (Å²) in [5.41, 5.74) is 9.77. The number of hydrogen-bond acceptors (Lipinski definition) is 3. The largest absolute Gasteiger partial charge is 0.441 e. The van der Waals surface area contributed by atoms with Gasteiger partial charge in [-0.25, -0.2) is 0 Å². The zero-order valence-corrected chi connectivity index (χ0v) is 19.3. The minimum absolute atomic E-state index is 0.0640. The van der Waals surface area contributed by atoms with E-state index in [1.807, 2.05) is 66.7 Å². The molecule has 6 heteroatoms. The molecule has 0 saturated heterocycles. The Morgan fingerprint density at radius 2 is 1.68 bits per heavy atom. The van der Waals surface area contributed by atoms with E-state index in [9.17, 15) is 4.79 Å². The van der Waals surface area contributed by atoms with Crippen molar-refractivity contribution in [3.8, 4) is 5.75 Å². The molecule has 4 nitrogen and oxygen atoms in total. The van der Waals surface area contributed by atoms with Crippen molar-refractivity contribution in [1.29, 1.82) is 0 Å². The third-order valence-corrected chi connectivity index (χ3v) is 6.91. The minimum atomic E-state index is -0.541. The fourth-order valence-corrected chi connectivity index (χ4v) is 5.33. The molecule has 0 aliphatic carbocycles. The molecule has 0 amide bonds. The van der Waals surface area contributed by atoms with Crippen LogP contribution in [0.1, 0.15) is 27.4 Å². The molecule has 1 aliphatic heterocycles. The Kier molecular flexibility index (Phi) is 4.87. The number of fused-ring (bicyclic) bond motifs is 4. The number of nitrogens with two attached hydrogens (primary N) is 1. The van der Waals surface area contributed by atoms with Crippen LogP contribution in [0.3, 0.4) is 0 Å². The molecule has 4 aromatic carbocycles. The van der Waals surface area contributed by atoms with Gasteiger partial charge in [-0.05, 0) is 40.6 Å². The van der Waals surface area contributed by atoms with Crippen molar-refractivity contribution in [2.45, 2.75) is 5.92 Å². The number of carbonyl (C=O) groups is 1. The molecule has 0 fully saturated rings. The van der Waals surface area contributed by atoms with Crippen LogP contribution in [0.25, 0.3) is 21.7 Å². The maximum absolute atomic E-state index is 14.1. The highest BCUT2D eigenvalue weighted by atomic mass is 35.5. The average Bonchev–Trinajstić information content (AvgIpc) is 3.27. The Hall–Kier alpha value is -3.73. The maximum atomic E-state index is 14.1. The topological polar surface area (TPSA) is 68.1 Å². The van der Waals surface area contributed by atoms with Crippen molar-refractivity contribution >= 4 is 50.7 Å². The summed E-state index contributed by atoms with van der Waals surface area (Å²) in [5, 5.41) is 3.78. The zero-order valence-electron chi connectivity index (χ0n) is 17.8. The molecule has 0 radical (unpaired) electrons. The molecule has 1 unspecified atom stereocenters. The number of rotatable bonds is 3. The number of allylic oxidation sites excluding steroid dienone is 1. The molecule has 0 saturated carbocycles. The SMILES string of the molecule is NC1=C(C(=O)c2c[nH]c3ccccc23)C(c2ccc(Cl)cc2Cl)c2c(ccc3ccccc23)O1. The summed E-state index contributed by atoms with van der Waals surface area (Å²) < 4.78 is 6.06. The number of para-hydroxylation sites is 1. The maximum Gasteiger partial charge on any atom is 0.199 e. The Morgan fingerprint density at radius 3 is 2.50 bits per heavy atom. The number of benzene rings is 4. The van der Waals surface area contributed by atoms with Gasteiger partial charge in [0.05, 0.1) is 5.57 Å². The first-order valence-electron chi connectivity index (χ1n) is 10.8. The third kappa shape index (κ3) is 3.18. The van der Waals surface area contributed by atoms with E-state index in [2.05, 4.69) is 4.98 Å². The van der Waals surface area contributed by atoms with Gasteiger partial charge in [0.2, 0.25) is 0 Å². The second-order valence-electron chi connectivity index (χ2n) is 8.25. The standard InChI is InChI=1S/C28H18Cl2N2O2/c29-16-10-11-19(21(30)13-16)25-24-17-6-2-1-5-15(17)9-12-23(24)34-28(31)26(25)27(33)20-14-32-22-8-4-3-7-18(20)22/h1-14,25,32H,31H2. The van der Waals surface area contributed by atoms with Gasteiger partial charge in [-0.3, -0.25) is 4.79 Å². The molecule has 166 valence electrons. The highest BCUT2D eigenvalue weighted by molar-refractivity contribution is 6.35. The Morgan fingerprint density at radius 1 is 0.912 bits per heavy atom. The van der Waals surface area contributed by atoms with Crippen molar-refractivity contribution in [2.75, 3.05) is 0 Å². The summed E-state index contributed by atoms with van der Waals surface area (Å²) in [6.45, 7) is 0. The van der Waals surface area contributed by atoms with Crippen molar-refractivity contribution in [1.82, 2.24) is 4.98 Å². The van der Waals surface area contributed by atoms with Crippen LogP contribution >= 0.6 is 23.2 Å². The first-order chi connectivity index (χ1) is 16.5. The molecule has 0 bridgehead atoms. The lowest BCUT2D eigenvalue weighted by Gasteiger charge is -2.30. The van der Waals surface area contributed by atoms with E-state index in [4.69, 9.17) is 33.7 Å². The lowest BCUT2D eigenvalue weighted by molar-refractivity contribution is 0.102. The van der Waals surface area contributed by atoms with E-state index in [1.54, 1.807) is 18.3 Å². The average molecular weight is 485 g/mol. The zero-order chi connectivity index (χ0) is 23.4. The van der Waals surface area contributed by atoms with Crippen LogP contribution in [0.5, 0.6) is 5.75 Å². The smallest absolute Gasteiger partial charge is 0.199 e. The molecule has 1 aromatic heterocycles. The summed E-state index contributed by atoms with van der Waals surface area (Å²) >= 11 is 12.9. The summed E-state index contributed by atoms with van der Waals surface area (Å²) in [6, 6.07) is 24.8. The van der Waals surface area contributed by atoms with Crippen LogP contribution in [0.15, 0.2) is 96.5 Å². The van der Waals surface area contributed by atoms with Gasteiger partial charge < -0.3 is 15.5 Å². The number of Topliss-reactive ketones (excluding diaryl/α,β-unsaturated/α-hetero) is 1. The number of ether oxygens (including phenoxy) is 1. The predicted octanol–water partition coefficient (Wildman–Crippen LogP) is 7.21. The van der Waals surface area contributed by atoms with Crippen LogP contribution in [-0.2, 0) is 0 Å². The molecule has 3 N–H and O–H groups in total. The van der Waals surface area contributed by atoms with Gasteiger partial charge in [0.25, 0.3) is 0 Å². The lowest BCUT2D eigenvalue weighted by atomic mass is 9.78. The van der Waals surface area contributed by atoms with Crippen LogP contribution in [0.4, 0.5) is 0 Å². The summed E-state index contributed by atoms with van der Waals surface area (Å²) in [7, 11) is 0. The van der Waals surface area contributed by atoms with E-state index in [0.29, 0.717) is 26.9 Å². The number of hydrogen-bond donors (Lipinski definition) is 2. The quantitative estimate of drug-likeness (QED) is 0.266. The van der Waals surface area contributed by atoms with Crippen LogP contribution < -0.4 is 10.5 Å². The van der Waals surface area contributed by atoms with E-state index in [1.165, 1.54) is 0 Å². The molecule has 34 heavy (non-hydrogen) atoms. The molecular formula is C28H18Cl2N2O2. The van der Waals surface area contributed by atoms with Crippen LogP contribution in [0, 0.1) is 0 Å². The Labute approximate surface area is 205 Å². The van der Waals surface area contributed by atoms with Crippen molar-refractivity contribution < 1.29 is 9.53 Å². The lowest BCUT2D eigenvalue weighted by Crippen LogP contribution is -2.26. The second kappa shape index (κ2) is 7.94. The summed E-state index contributed by atoms with van der Waals surface area (Å²) in [6.07, 6.45) is 1.71. The fourth-order valence-electron chi connectivity index (χ4n) is 4.82. The molecular weight excluding hydrogens is 467 g/mol. The first kappa shape index (κ1) is 20.8. The third-order valence-electron chi connectivity index (χ3n) is 6.35. The molecule has 6 rings (SSSR count). The van der Waals surface area contributed by atoms with Crippen molar-refractivity contribution in [3.63, 3.8) is 0 Å². The predicted molar refractivity (Wildman–Crippen MR) is 137 cm³/mol. The van der Waals surface area contributed by atoms with Gasteiger partial charge in [0.1, 0.15) is 5.75 Å².